The number of unbranched alkanes of at least 4 members (excludes halogenated alkanes) is 4. The molecule has 0 aromatic carbocycles. The molecule has 10 heavy (non-hydrogen) atoms. The van der Waals surface area contributed by atoms with Crippen molar-refractivity contribution in [3.05, 3.63) is 12.7 Å². The van der Waals surface area contributed by atoms with Crippen LogP contribution in [0.1, 0.15) is 39.0 Å². The van der Waals surface area contributed by atoms with E-state index in [0.29, 0.717) is 0 Å². The van der Waals surface area contributed by atoms with Gasteiger partial charge in [0, 0.05) is 0 Å². The Kier molecular flexibility index (Phi) is 25.9. The van der Waals surface area contributed by atoms with Crippen molar-refractivity contribution in [2.24, 2.45) is 0 Å². The minimum Gasteiger partial charge on any atom is -0.412 e. The minimum absolute atomic E-state index is 0. The molecule has 0 fully saturated rings. The molecule has 0 unspecified atom stereocenters. The number of hydrogen-bond acceptors (Lipinski definition) is 0. The topological polar surface area (TPSA) is 63.0 Å². The van der Waals surface area contributed by atoms with Gasteiger partial charge in [-0.05, 0) is 12.8 Å². The summed E-state index contributed by atoms with van der Waals surface area (Å²) in [5, 5.41) is 0. The van der Waals surface area contributed by atoms with Gasteiger partial charge >= 0.3 is 0 Å². The lowest BCUT2D eigenvalue weighted by Gasteiger charge is -1.91. The molecule has 0 spiro atoms. The second kappa shape index (κ2) is 15.9. The molecule has 0 saturated heterocycles. The molecule has 0 heterocycles. The molecule has 0 aliphatic heterocycles. The minimum atomic E-state index is 0. The van der Waals surface area contributed by atoms with Crippen LogP contribution in [0.3, 0.4) is 0 Å². The Bertz CT molecular complexity index is 53.2. The molecule has 0 saturated carbocycles. The SMILES string of the molecule is C=CCCCCCC.O.O. The summed E-state index contributed by atoms with van der Waals surface area (Å²) in [5.41, 5.74) is 0. The average molecular weight is 148 g/mol. The van der Waals surface area contributed by atoms with Crippen molar-refractivity contribution in [2.45, 2.75) is 39.0 Å². The zero-order valence-corrected chi connectivity index (χ0v) is 6.82. The van der Waals surface area contributed by atoms with Crippen LogP contribution in [0.5, 0.6) is 0 Å². The largest absolute Gasteiger partial charge is 0.412 e. The predicted octanol–water partition coefficient (Wildman–Crippen LogP) is 1.49. The Hall–Kier alpha value is -0.340. The Morgan fingerprint density at radius 3 is 2.10 bits per heavy atom. The summed E-state index contributed by atoms with van der Waals surface area (Å²) in [6.07, 6.45) is 8.61. The summed E-state index contributed by atoms with van der Waals surface area (Å²) in [6, 6.07) is 0. The maximum Gasteiger partial charge on any atom is -0.0353 e. The van der Waals surface area contributed by atoms with Crippen molar-refractivity contribution in [1.29, 1.82) is 0 Å². The molecule has 4 N–H and O–H groups in total. The van der Waals surface area contributed by atoms with Crippen molar-refractivity contribution in [3.63, 3.8) is 0 Å². The van der Waals surface area contributed by atoms with Gasteiger partial charge in [0.05, 0.1) is 0 Å². The first kappa shape index (κ1) is 16.3. The van der Waals surface area contributed by atoms with Gasteiger partial charge in [-0.3, -0.25) is 0 Å². The molecule has 2 heteroatoms. The molecule has 0 aliphatic rings. The van der Waals surface area contributed by atoms with E-state index in [-0.39, 0.29) is 11.0 Å². The molecule has 0 atom stereocenters. The molecule has 64 valence electrons. The van der Waals surface area contributed by atoms with Gasteiger partial charge in [0.15, 0.2) is 0 Å². The van der Waals surface area contributed by atoms with E-state index in [9.17, 15) is 0 Å². The van der Waals surface area contributed by atoms with Crippen LogP contribution < -0.4 is 0 Å². The van der Waals surface area contributed by atoms with Crippen LogP contribution in [-0.2, 0) is 0 Å². The third-order valence-electron chi connectivity index (χ3n) is 1.26. The standard InChI is InChI=1S/C8H16.2H2O/c1-3-5-7-8-6-4-2;;/h3H,1,4-8H2,2H3;2*1H2. The summed E-state index contributed by atoms with van der Waals surface area (Å²) >= 11 is 0. The molecule has 0 amide bonds. The maximum atomic E-state index is 3.66. The van der Waals surface area contributed by atoms with Crippen LogP contribution in [0.4, 0.5) is 0 Å². The zero-order valence-electron chi connectivity index (χ0n) is 6.82. The van der Waals surface area contributed by atoms with Crippen molar-refractivity contribution in [3.8, 4) is 0 Å². The highest BCUT2D eigenvalue weighted by Crippen LogP contribution is 2.01. The van der Waals surface area contributed by atoms with Crippen LogP contribution in [0.25, 0.3) is 0 Å². The van der Waals surface area contributed by atoms with E-state index >= 15 is 0 Å². The normalized spacial score (nSPS) is 7.30. The maximum absolute atomic E-state index is 3.66. The highest BCUT2D eigenvalue weighted by atomic mass is 16.0. The Morgan fingerprint density at radius 2 is 1.70 bits per heavy atom. The van der Waals surface area contributed by atoms with Gasteiger partial charge in [0.1, 0.15) is 0 Å². The highest BCUT2D eigenvalue weighted by molar-refractivity contribution is 4.64. The van der Waals surface area contributed by atoms with E-state index in [1.807, 2.05) is 6.08 Å². The molecule has 0 radical (unpaired) electrons. The fraction of sp³-hybridized carbons (Fsp3) is 0.750. The fourth-order valence-electron chi connectivity index (χ4n) is 0.715. The fourth-order valence-corrected chi connectivity index (χ4v) is 0.715. The summed E-state index contributed by atoms with van der Waals surface area (Å²) in [4.78, 5) is 0. The first-order valence-corrected chi connectivity index (χ1v) is 3.52. The third-order valence-corrected chi connectivity index (χ3v) is 1.26. The zero-order chi connectivity index (χ0) is 6.24. The smallest absolute Gasteiger partial charge is 0.0353 e. The first-order valence-electron chi connectivity index (χ1n) is 3.52. The van der Waals surface area contributed by atoms with Crippen LogP contribution in [0, 0.1) is 0 Å². The second-order valence-electron chi connectivity index (χ2n) is 2.14. The van der Waals surface area contributed by atoms with Crippen molar-refractivity contribution < 1.29 is 11.0 Å². The van der Waals surface area contributed by atoms with Gasteiger partial charge in [0.25, 0.3) is 0 Å². The van der Waals surface area contributed by atoms with Gasteiger partial charge in [-0.15, -0.1) is 6.58 Å². The lowest BCUT2D eigenvalue weighted by Crippen LogP contribution is -1.71. The van der Waals surface area contributed by atoms with E-state index in [2.05, 4.69) is 13.5 Å². The Morgan fingerprint density at radius 1 is 1.10 bits per heavy atom. The Balaban J connectivity index is -0.000000245. The van der Waals surface area contributed by atoms with Crippen LogP contribution in [-0.4, -0.2) is 11.0 Å². The summed E-state index contributed by atoms with van der Waals surface area (Å²) in [5.74, 6) is 0. The lowest BCUT2D eigenvalue weighted by molar-refractivity contribution is 0.675. The van der Waals surface area contributed by atoms with Crippen molar-refractivity contribution >= 4 is 0 Å². The van der Waals surface area contributed by atoms with Crippen LogP contribution >= 0.6 is 0 Å². The third kappa shape index (κ3) is 15.6. The van der Waals surface area contributed by atoms with E-state index in [4.69, 9.17) is 0 Å². The lowest BCUT2D eigenvalue weighted by atomic mass is 10.2. The number of rotatable bonds is 5. The van der Waals surface area contributed by atoms with Gasteiger partial charge in [-0.1, -0.05) is 32.3 Å². The van der Waals surface area contributed by atoms with Gasteiger partial charge in [0.2, 0.25) is 0 Å². The number of allylic oxidation sites excluding steroid dienone is 1. The van der Waals surface area contributed by atoms with Crippen LogP contribution in [0.2, 0.25) is 0 Å². The molecule has 2 nitrogen and oxygen atoms in total. The van der Waals surface area contributed by atoms with E-state index in [1.165, 1.54) is 32.1 Å². The van der Waals surface area contributed by atoms with Gasteiger partial charge < -0.3 is 11.0 Å². The quantitative estimate of drug-likeness (QED) is 0.419. The van der Waals surface area contributed by atoms with Crippen molar-refractivity contribution in [2.75, 3.05) is 0 Å². The molecule has 0 aliphatic carbocycles. The summed E-state index contributed by atoms with van der Waals surface area (Å²) < 4.78 is 0. The molecular formula is C8H20O2. The molecular weight excluding hydrogens is 128 g/mol. The number of hydrogen-bond donors (Lipinski definition) is 0. The van der Waals surface area contributed by atoms with Gasteiger partial charge in [-0.25, -0.2) is 0 Å². The van der Waals surface area contributed by atoms with E-state index < -0.39 is 0 Å². The van der Waals surface area contributed by atoms with E-state index in [1.54, 1.807) is 0 Å². The van der Waals surface area contributed by atoms with E-state index in [0.717, 1.165) is 0 Å². The Labute approximate surface area is 63.6 Å². The monoisotopic (exact) mass is 148 g/mol. The average Bonchev–Trinajstić information content (AvgIpc) is 1.81. The molecule has 0 rings (SSSR count). The van der Waals surface area contributed by atoms with Crippen molar-refractivity contribution in [1.82, 2.24) is 0 Å². The van der Waals surface area contributed by atoms with Gasteiger partial charge in [-0.2, -0.15) is 0 Å². The summed E-state index contributed by atoms with van der Waals surface area (Å²) in [6.45, 7) is 5.89. The predicted molar refractivity (Wildman–Crippen MR) is 46.2 cm³/mol. The molecule has 0 bridgehead atoms. The second-order valence-corrected chi connectivity index (χ2v) is 2.14. The first-order chi connectivity index (χ1) is 3.91. The molecule has 0 aromatic rings. The summed E-state index contributed by atoms with van der Waals surface area (Å²) in [7, 11) is 0. The van der Waals surface area contributed by atoms with Crippen LogP contribution in [0.15, 0.2) is 12.7 Å². The molecule has 0 aromatic heterocycles. The highest BCUT2D eigenvalue weighted by Gasteiger charge is 1.81.